The summed E-state index contributed by atoms with van der Waals surface area (Å²) in [7, 11) is -5.26. The molecular weight excluding hydrogens is 367 g/mol. The molecule has 2 rings (SSSR count). The molecule has 0 aromatic heterocycles. The molecule has 1 aromatic rings. The van der Waals surface area contributed by atoms with Crippen molar-refractivity contribution in [2.75, 3.05) is 25.0 Å². The van der Waals surface area contributed by atoms with Gasteiger partial charge in [-0.25, -0.2) is 8.42 Å². The number of nitrogens with one attached hydrogen (secondary N) is 1. The average Bonchev–Trinajstić information content (AvgIpc) is 2.52. The number of halogens is 4. The maximum Gasteiger partial charge on any atom is 0.511 e. The predicted molar refractivity (Wildman–Crippen MR) is 83.9 cm³/mol. The smallest absolute Gasteiger partial charge is 0.382 e. The lowest BCUT2D eigenvalue weighted by molar-refractivity contribution is -0.0496. The van der Waals surface area contributed by atoms with Crippen molar-refractivity contribution in [1.29, 1.82) is 5.26 Å². The Balaban J connectivity index is 1.95. The maximum absolute atomic E-state index is 12.5. The van der Waals surface area contributed by atoms with E-state index in [1.165, 1.54) is 0 Å². The van der Waals surface area contributed by atoms with Crippen molar-refractivity contribution in [1.82, 2.24) is 4.31 Å². The first-order valence-corrected chi connectivity index (χ1v) is 8.97. The maximum atomic E-state index is 12.5. The minimum Gasteiger partial charge on any atom is -0.382 e. The number of anilines is 1. The molecule has 1 aliphatic rings. The van der Waals surface area contributed by atoms with Gasteiger partial charge in [-0.3, -0.25) is 0 Å². The molecule has 0 amide bonds. The van der Waals surface area contributed by atoms with Crippen LogP contribution in [0.4, 0.5) is 18.9 Å². The van der Waals surface area contributed by atoms with Crippen molar-refractivity contribution >= 4 is 27.3 Å². The van der Waals surface area contributed by atoms with Crippen molar-refractivity contribution in [3.63, 3.8) is 0 Å². The van der Waals surface area contributed by atoms with Crippen molar-refractivity contribution in [3.8, 4) is 6.07 Å². The van der Waals surface area contributed by atoms with Crippen LogP contribution in [0.3, 0.4) is 0 Å². The van der Waals surface area contributed by atoms with Crippen LogP contribution in [0.5, 0.6) is 0 Å². The van der Waals surface area contributed by atoms with Gasteiger partial charge >= 0.3 is 15.5 Å². The molecule has 1 fully saturated rings. The second-order valence-electron chi connectivity index (χ2n) is 5.45. The molecule has 1 aromatic carbocycles. The highest BCUT2D eigenvalue weighted by atomic mass is 35.5. The van der Waals surface area contributed by atoms with Gasteiger partial charge in [0.2, 0.25) is 0 Å². The Hall–Kier alpha value is -1.50. The van der Waals surface area contributed by atoms with Crippen LogP contribution in [-0.4, -0.2) is 37.9 Å². The first-order chi connectivity index (χ1) is 11.2. The summed E-state index contributed by atoms with van der Waals surface area (Å²) in [6, 6.07) is 6.89. The van der Waals surface area contributed by atoms with Gasteiger partial charge in [0, 0.05) is 19.6 Å². The summed E-state index contributed by atoms with van der Waals surface area (Å²) in [5, 5.41) is 12.5. The van der Waals surface area contributed by atoms with E-state index in [0.717, 1.165) is 0 Å². The average molecular weight is 382 g/mol. The molecule has 132 valence electrons. The van der Waals surface area contributed by atoms with Crippen molar-refractivity contribution in [2.24, 2.45) is 5.92 Å². The predicted octanol–water partition coefficient (Wildman–Crippen LogP) is 3.19. The number of sulfonamides is 1. The first-order valence-electron chi connectivity index (χ1n) is 7.15. The standard InChI is InChI=1S/C14H15ClF3N3O2S/c15-12-3-1-2-11(8-19)13(12)20-9-10-4-6-21(7-5-10)24(22,23)14(16,17)18/h1-3,10,20H,4-7,9H2. The molecule has 0 unspecified atom stereocenters. The van der Waals surface area contributed by atoms with Crippen LogP contribution in [0.2, 0.25) is 5.02 Å². The third-order valence-corrected chi connectivity index (χ3v) is 5.85. The van der Waals surface area contributed by atoms with Crippen molar-refractivity contribution in [2.45, 2.75) is 18.3 Å². The van der Waals surface area contributed by atoms with Crippen molar-refractivity contribution < 1.29 is 21.6 Å². The van der Waals surface area contributed by atoms with Crippen LogP contribution in [0.25, 0.3) is 0 Å². The fourth-order valence-corrected chi connectivity index (χ4v) is 3.77. The van der Waals surface area contributed by atoms with E-state index in [2.05, 4.69) is 5.32 Å². The van der Waals surface area contributed by atoms with E-state index < -0.39 is 15.5 Å². The third kappa shape index (κ3) is 3.94. The number of nitrogens with zero attached hydrogens (tertiary/aromatic N) is 2. The normalized spacial score (nSPS) is 17.5. The summed E-state index contributed by atoms with van der Waals surface area (Å²) in [5.41, 5.74) is -4.41. The minimum absolute atomic E-state index is 0.00695. The molecule has 1 aliphatic heterocycles. The van der Waals surface area contributed by atoms with Gasteiger partial charge in [-0.1, -0.05) is 17.7 Å². The topological polar surface area (TPSA) is 73.2 Å². The number of para-hydroxylation sites is 1. The number of benzene rings is 1. The van der Waals surface area contributed by atoms with E-state index in [4.69, 9.17) is 16.9 Å². The molecule has 0 atom stereocenters. The zero-order valence-electron chi connectivity index (χ0n) is 12.5. The van der Waals surface area contributed by atoms with E-state index in [1.807, 2.05) is 6.07 Å². The Kier molecular flexibility index (Phi) is 5.63. The number of alkyl halides is 3. The van der Waals surface area contributed by atoms with Gasteiger partial charge in [-0.05, 0) is 30.9 Å². The number of piperidine rings is 1. The fourth-order valence-electron chi connectivity index (χ4n) is 2.54. The third-order valence-electron chi connectivity index (χ3n) is 3.91. The van der Waals surface area contributed by atoms with Crippen LogP contribution in [0, 0.1) is 17.2 Å². The summed E-state index contributed by atoms with van der Waals surface area (Å²) >= 11 is 6.03. The summed E-state index contributed by atoms with van der Waals surface area (Å²) in [5.74, 6) is -0.00695. The van der Waals surface area contributed by atoms with Gasteiger partial charge in [-0.15, -0.1) is 0 Å². The van der Waals surface area contributed by atoms with E-state index in [0.29, 0.717) is 40.0 Å². The quantitative estimate of drug-likeness (QED) is 0.869. The Bertz CT molecular complexity index is 739. The molecular formula is C14H15ClF3N3O2S. The van der Waals surface area contributed by atoms with E-state index in [1.54, 1.807) is 18.2 Å². The zero-order chi connectivity index (χ0) is 18.0. The number of rotatable bonds is 4. The highest BCUT2D eigenvalue weighted by Gasteiger charge is 2.50. The van der Waals surface area contributed by atoms with E-state index >= 15 is 0 Å². The summed E-state index contributed by atoms with van der Waals surface area (Å²) in [6.45, 7) is 0.0436. The molecule has 0 spiro atoms. The largest absolute Gasteiger partial charge is 0.511 e. The van der Waals surface area contributed by atoms with Crippen LogP contribution < -0.4 is 5.32 Å². The van der Waals surface area contributed by atoms with Crippen molar-refractivity contribution in [3.05, 3.63) is 28.8 Å². The van der Waals surface area contributed by atoms with Crippen LogP contribution >= 0.6 is 11.6 Å². The SMILES string of the molecule is N#Cc1cccc(Cl)c1NCC1CCN(S(=O)(=O)C(F)(F)F)CC1. The Morgan fingerprint density at radius 3 is 2.50 bits per heavy atom. The Morgan fingerprint density at radius 1 is 1.33 bits per heavy atom. The van der Waals surface area contributed by atoms with Crippen LogP contribution in [0.1, 0.15) is 18.4 Å². The van der Waals surface area contributed by atoms with Gasteiger partial charge in [0.25, 0.3) is 0 Å². The Morgan fingerprint density at radius 2 is 1.96 bits per heavy atom. The molecule has 10 heteroatoms. The van der Waals surface area contributed by atoms with Gasteiger partial charge in [0.05, 0.1) is 16.3 Å². The molecule has 1 heterocycles. The highest BCUT2D eigenvalue weighted by molar-refractivity contribution is 7.90. The van der Waals surface area contributed by atoms with E-state index in [-0.39, 0.29) is 19.0 Å². The molecule has 0 aliphatic carbocycles. The number of hydrogen-bond donors (Lipinski definition) is 1. The molecule has 0 bridgehead atoms. The molecule has 24 heavy (non-hydrogen) atoms. The molecule has 0 saturated carbocycles. The van der Waals surface area contributed by atoms with E-state index in [9.17, 15) is 21.6 Å². The van der Waals surface area contributed by atoms with Gasteiger partial charge in [0.1, 0.15) is 6.07 Å². The van der Waals surface area contributed by atoms with Crippen LogP contribution in [0.15, 0.2) is 18.2 Å². The van der Waals surface area contributed by atoms with Gasteiger partial charge < -0.3 is 5.32 Å². The molecule has 0 radical (unpaired) electrons. The zero-order valence-corrected chi connectivity index (χ0v) is 14.0. The summed E-state index contributed by atoms with van der Waals surface area (Å²) in [4.78, 5) is 0. The number of nitriles is 1. The lowest BCUT2D eigenvalue weighted by atomic mass is 9.98. The second kappa shape index (κ2) is 7.17. The number of hydrogen-bond acceptors (Lipinski definition) is 4. The molecule has 1 saturated heterocycles. The summed E-state index contributed by atoms with van der Waals surface area (Å²) < 4.78 is 60.8. The summed E-state index contributed by atoms with van der Waals surface area (Å²) in [6.07, 6.45) is 0.600. The lowest BCUT2D eigenvalue weighted by Crippen LogP contribution is -2.45. The monoisotopic (exact) mass is 381 g/mol. The lowest BCUT2D eigenvalue weighted by Gasteiger charge is -2.31. The minimum atomic E-state index is -5.27. The first kappa shape index (κ1) is 18.8. The fraction of sp³-hybridized carbons (Fsp3) is 0.500. The van der Waals surface area contributed by atoms with Gasteiger partial charge in [-0.2, -0.15) is 22.7 Å². The Labute approximate surface area is 143 Å². The van der Waals surface area contributed by atoms with Crippen LogP contribution in [-0.2, 0) is 10.0 Å². The highest BCUT2D eigenvalue weighted by Crippen LogP contribution is 2.31. The van der Waals surface area contributed by atoms with Gasteiger partial charge in [0.15, 0.2) is 0 Å². The molecule has 1 N–H and O–H groups in total. The molecule has 5 nitrogen and oxygen atoms in total. The second-order valence-corrected chi connectivity index (χ2v) is 7.78.